The minimum atomic E-state index is -0.0557. The van der Waals surface area contributed by atoms with Gasteiger partial charge in [-0.1, -0.05) is 31.6 Å². The molecular formula is C25H28N2O4. The third-order valence-corrected chi connectivity index (χ3v) is 5.65. The number of rotatable bonds is 7. The second kappa shape index (κ2) is 9.25. The maximum atomic E-state index is 13.3. The van der Waals surface area contributed by atoms with Crippen LogP contribution in [0.1, 0.15) is 42.1 Å². The molecule has 6 heteroatoms. The van der Waals surface area contributed by atoms with Gasteiger partial charge in [0.25, 0.3) is 5.91 Å². The third-order valence-electron chi connectivity index (χ3n) is 5.65. The molecule has 162 valence electrons. The standard InChI is InChI=1S/C25H28N2O4/c1-4-5-10-31-24-14-22-21(13-23(24)30-3)25(28)27-16-18(12-19(27)15-26-22)11-17-6-8-20(29-2)9-7-17/h6-9,11,13-15,19H,4-5,10,12,16H2,1-3H3/t19-/m0/s1. The van der Waals surface area contributed by atoms with Gasteiger partial charge in [0.2, 0.25) is 0 Å². The lowest BCUT2D eigenvalue weighted by Gasteiger charge is -2.20. The maximum Gasteiger partial charge on any atom is 0.257 e. The molecule has 1 atom stereocenters. The van der Waals surface area contributed by atoms with Crippen LogP contribution in [0.2, 0.25) is 0 Å². The highest BCUT2D eigenvalue weighted by molar-refractivity contribution is 6.04. The summed E-state index contributed by atoms with van der Waals surface area (Å²) >= 11 is 0. The maximum absolute atomic E-state index is 13.3. The highest BCUT2D eigenvalue weighted by Crippen LogP contribution is 2.39. The number of nitrogens with zero attached hydrogens (tertiary/aromatic N) is 2. The van der Waals surface area contributed by atoms with Crippen LogP contribution in [-0.4, -0.2) is 50.4 Å². The molecule has 1 amide bonds. The zero-order valence-electron chi connectivity index (χ0n) is 18.3. The second-order valence-electron chi connectivity index (χ2n) is 7.78. The number of ether oxygens (including phenoxy) is 3. The van der Waals surface area contributed by atoms with E-state index in [9.17, 15) is 4.79 Å². The average molecular weight is 421 g/mol. The molecule has 0 aliphatic carbocycles. The van der Waals surface area contributed by atoms with E-state index in [0.29, 0.717) is 35.9 Å². The van der Waals surface area contributed by atoms with Crippen LogP contribution in [-0.2, 0) is 0 Å². The van der Waals surface area contributed by atoms with Gasteiger partial charge in [-0.25, -0.2) is 0 Å². The van der Waals surface area contributed by atoms with Gasteiger partial charge in [0.1, 0.15) is 5.75 Å². The topological polar surface area (TPSA) is 60.4 Å². The largest absolute Gasteiger partial charge is 0.497 e. The summed E-state index contributed by atoms with van der Waals surface area (Å²) in [5, 5.41) is 0. The molecule has 4 rings (SSSR count). The van der Waals surface area contributed by atoms with Crippen molar-refractivity contribution >= 4 is 23.9 Å². The molecule has 1 fully saturated rings. The molecule has 2 aliphatic heterocycles. The fourth-order valence-electron chi connectivity index (χ4n) is 3.92. The summed E-state index contributed by atoms with van der Waals surface area (Å²) in [6.45, 7) is 3.31. The van der Waals surface area contributed by atoms with Crippen LogP contribution in [0.4, 0.5) is 5.69 Å². The number of unbranched alkanes of at least 4 members (excludes halogenated alkanes) is 1. The summed E-state index contributed by atoms with van der Waals surface area (Å²) in [5.74, 6) is 1.98. The summed E-state index contributed by atoms with van der Waals surface area (Å²) in [6, 6.07) is 11.4. The molecule has 6 nitrogen and oxygen atoms in total. The fraction of sp³-hybridized carbons (Fsp3) is 0.360. The Morgan fingerprint density at radius 2 is 1.94 bits per heavy atom. The third kappa shape index (κ3) is 4.43. The van der Waals surface area contributed by atoms with Crippen molar-refractivity contribution in [2.75, 3.05) is 27.4 Å². The Morgan fingerprint density at radius 3 is 2.65 bits per heavy atom. The molecule has 31 heavy (non-hydrogen) atoms. The van der Waals surface area contributed by atoms with Crippen LogP contribution >= 0.6 is 0 Å². The molecule has 0 N–H and O–H groups in total. The van der Waals surface area contributed by atoms with Gasteiger partial charge in [0, 0.05) is 18.8 Å². The number of amides is 1. The minimum Gasteiger partial charge on any atom is -0.497 e. The predicted octanol–water partition coefficient (Wildman–Crippen LogP) is 4.90. The molecule has 2 aromatic rings. The Kier molecular flexibility index (Phi) is 6.26. The summed E-state index contributed by atoms with van der Waals surface area (Å²) in [4.78, 5) is 19.9. The van der Waals surface area contributed by atoms with E-state index >= 15 is 0 Å². The zero-order chi connectivity index (χ0) is 21.8. The van der Waals surface area contributed by atoms with Crippen molar-refractivity contribution in [3.8, 4) is 17.2 Å². The second-order valence-corrected chi connectivity index (χ2v) is 7.78. The van der Waals surface area contributed by atoms with Crippen LogP contribution in [0.25, 0.3) is 6.08 Å². The van der Waals surface area contributed by atoms with Crippen molar-refractivity contribution in [1.29, 1.82) is 0 Å². The number of hydrogen-bond acceptors (Lipinski definition) is 5. The van der Waals surface area contributed by atoms with Crippen LogP contribution in [0.15, 0.2) is 47.0 Å². The van der Waals surface area contributed by atoms with Gasteiger partial charge in [-0.2, -0.15) is 0 Å². The van der Waals surface area contributed by atoms with Crippen LogP contribution < -0.4 is 14.2 Å². The van der Waals surface area contributed by atoms with E-state index in [-0.39, 0.29) is 11.9 Å². The van der Waals surface area contributed by atoms with Crippen LogP contribution in [0.5, 0.6) is 17.2 Å². The Hall–Kier alpha value is -3.28. The molecule has 1 saturated heterocycles. The van der Waals surface area contributed by atoms with Gasteiger partial charge in [0.15, 0.2) is 11.5 Å². The van der Waals surface area contributed by atoms with E-state index in [1.165, 1.54) is 5.57 Å². The summed E-state index contributed by atoms with van der Waals surface area (Å²) in [7, 11) is 3.25. The lowest BCUT2D eigenvalue weighted by Crippen LogP contribution is -2.35. The van der Waals surface area contributed by atoms with E-state index in [1.54, 1.807) is 20.3 Å². The van der Waals surface area contributed by atoms with E-state index in [4.69, 9.17) is 14.2 Å². The number of hydrogen-bond donors (Lipinski definition) is 0. The number of carbonyl (C=O) groups excluding carboxylic acids is 1. The first-order valence-corrected chi connectivity index (χ1v) is 10.7. The van der Waals surface area contributed by atoms with Crippen molar-refractivity contribution in [2.45, 2.75) is 32.2 Å². The molecule has 0 saturated carbocycles. The molecule has 0 unspecified atom stereocenters. The molecule has 0 spiro atoms. The molecule has 2 aliphatic rings. The monoisotopic (exact) mass is 420 g/mol. The van der Waals surface area contributed by atoms with Gasteiger partial charge in [0.05, 0.1) is 38.1 Å². The highest BCUT2D eigenvalue weighted by atomic mass is 16.5. The van der Waals surface area contributed by atoms with Crippen molar-refractivity contribution in [2.24, 2.45) is 4.99 Å². The normalized spacial score (nSPS) is 18.5. The van der Waals surface area contributed by atoms with E-state index in [1.807, 2.05) is 41.4 Å². The molecular weight excluding hydrogens is 392 g/mol. The molecule has 2 heterocycles. The first-order valence-electron chi connectivity index (χ1n) is 10.7. The Bertz CT molecular complexity index is 1010. The molecule has 0 radical (unpaired) electrons. The molecule has 2 aromatic carbocycles. The lowest BCUT2D eigenvalue weighted by molar-refractivity contribution is 0.0777. The number of fused-ring (bicyclic) bond motifs is 2. The van der Waals surface area contributed by atoms with Crippen molar-refractivity contribution < 1.29 is 19.0 Å². The van der Waals surface area contributed by atoms with Gasteiger partial charge in [-0.05, 0) is 42.2 Å². The average Bonchev–Trinajstić information content (AvgIpc) is 3.15. The van der Waals surface area contributed by atoms with E-state index in [2.05, 4.69) is 18.0 Å². The number of aliphatic imine (C=N–C) groups is 1. The quantitative estimate of drug-likeness (QED) is 0.598. The van der Waals surface area contributed by atoms with E-state index in [0.717, 1.165) is 30.6 Å². The van der Waals surface area contributed by atoms with Crippen LogP contribution in [0.3, 0.4) is 0 Å². The highest BCUT2D eigenvalue weighted by Gasteiger charge is 2.34. The van der Waals surface area contributed by atoms with Crippen molar-refractivity contribution in [3.63, 3.8) is 0 Å². The molecule has 0 bridgehead atoms. The van der Waals surface area contributed by atoms with Crippen molar-refractivity contribution in [1.82, 2.24) is 4.90 Å². The SMILES string of the molecule is CCCCOc1cc2c(cc1OC)C(=O)N1CC(=Cc3ccc(OC)cc3)C[C@H]1C=N2. The van der Waals surface area contributed by atoms with Gasteiger partial charge in [-0.15, -0.1) is 0 Å². The fourth-order valence-corrected chi connectivity index (χ4v) is 3.92. The first-order chi connectivity index (χ1) is 15.1. The van der Waals surface area contributed by atoms with Gasteiger partial charge >= 0.3 is 0 Å². The number of benzene rings is 2. The first kappa shape index (κ1) is 21.0. The number of methoxy groups -OCH3 is 2. The zero-order valence-corrected chi connectivity index (χ0v) is 18.3. The predicted molar refractivity (Wildman–Crippen MR) is 122 cm³/mol. The van der Waals surface area contributed by atoms with E-state index < -0.39 is 0 Å². The van der Waals surface area contributed by atoms with Gasteiger partial charge in [-0.3, -0.25) is 9.79 Å². The summed E-state index contributed by atoms with van der Waals surface area (Å²) in [5.41, 5.74) is 3.47. The lowest BCUT2D eigenvalue weighted by atomic mass is 10.1. The Morgan fingerprint density at radius 1 is 1.13 bits per heavy atom. The number of carbonyl (C=O) groups is 1. The minimum absolute atomic E-state index is 0.0333. The summed E-state index contributed by atoms with van der Waals surface area (Å²) in [6.07, 6.45) is 6.79. The Balaban J connectivity index is 1.57. The van der Waals surface area contributed by atoms with Crippen LogP contribution in [0, 0.1) is 0 Å². The molecule has 0 aromatic heterocycles. The van der Waals surface area contributed by atoms with Crippen molar-refractivity contribution in [3.05, 3.63) is 53.1 Å². The Labute approximate surface area is 183 Å². The summed E-state index contributed by atoms with van der Waals surface area (Å²) < 4.78 is 16.6. The van der Waals surface area contributed by atoms with Gasteiger partial charge < -0.3 is 19.1 Å². The smallest absolute Gasteiger partial charge is 0.257 e.